The molecule has 1 aromatic rings. The molecule has 1 aromatic carbocycles. The van der Waals surface area contributed by atoms with Crippen molar-refractivity contribution in [3.8, 4) is 5.75 Å². The third-order valence-corrected chi connectivity index (χ3v) is 3.17. The van der Waals surface area contributed by atoms with Crippen molar-refractivity contribution in [1.82, 2.24) is 0 Å². The highest BCUT2D eigenvalue weighted by atomic mass is 16.5. The molecule has 2 N–H and O–H groups in total. The van der Waals surface area contributed by atoms with Crippen molar-refractivity contribution in [3.63, 3.8) is 0 Å². The van der Waals surface area contributed by atoms with Crippen LogP contribution in [0.3, 0.4) is 0 Å². The Morgan fingerprint density at radius 3 is 2.76 bits per heavy atom. The maximum absolute atomic E-state index is 11.5. The van der Waals surface area contributed by atoms with Gasteiger partial charge < -0.3 is 15.2 Å². The number of anilines is 1. The number of amides is 1. The molecule has 0 spiro atoms. The van der Waals surface area contributed by atoms with E-state index in [2.05, 4.69) is 5.32 Å². The average Bonchev–Trinajstić information content (AvgIpc) is 2.67. The van der Waals surface area contributed by atoms with Gasteiger partial charge >= 0.3 is 0 Å². The third-order valence-electron chi connectivity index (χ3n) is 3.17. The summed E-state index contributed by atoms with van der Waals surface area (Å²) in [4.78, 5) is 11.5. The van der Waals surface area contributed by atoms with Gasteiger partial charge in [-0.2, -0.15) is 0 Å². The van der Waals surface area contributed by atoms with Crippen molar-refractivity contribution >= 4 is 11.6 Å². The predicted octanol–water partition coefficient (Wildman–Crippen LogP) is 1.46. The van der Waals surface area contributed by atoms with Crippen LogP contribution in [0.1, 0.15) is 25.0 Å². The second-order valence-electron chi connectivity index (χ2n) is 4.98. The molecule has 1 aliphatic rings. The Morgan fingerprint density at radius 2 is 2.18 bits per heavy atom. The zero-order valence-corrected chi connectivity index (χ0v) is 10.3. The molecule has 17 heavy (non-hydrogen) atoms. The molecular formula is C13H17NO3. The van der Waals surface area contributed by atoms with Crippen LogP contribution < -0.4 is 10.1 Å². The SMILES string of the molecule is COc1cc2c(c(C(C)(C)CO)c1)NC(=O)C2. The van der Waals surface area contributed by atoms with Crippen LogP contribution in [0.2, 0.25) is 0 Å². The highest BCUT2D eigenvalue weighted by molar-refractivity contribution is 6.00. The van der Waals surface area contributed by atoms with Crippen LogP contribution >= 0.6 is 0 Å². The molecule has 0 saturated heterocycles. The number of hydrogen-bond donors (Lipinski definition) is 2. The second kappa shape index (κ2) is 4.04. The van der Waals surface area contributed by atoms with Crippen LogP contribution in [0, 0.1) is 0 Å². The van der Waals surface area contributed by atoms with Gasteiger partial charge in [0.15, 0.2) is 0 Å². The van der Waals surface area contributed by atoms with Gasteiger partial charge in [0.05, 0.1) is 20.1 Å². The minimum atomic E-state index is -0.407. The fourth-order valence-corrected chi connectivity index (χ4v) is 2.05. The molecule has 1 aliphatic heterocycles. The van der Waals surface area contributed by atoms with Crippen molar-refractivity contribution in [2.45, 2.75) is 25.7 Å². The summed E-state index contributed by atoms with van der Waals surface area (Å²) in [6.07, 6.45) is 0.376. The van der Waals surface area contributed by atoms with Crippen LogP contribution in [-0.4, -0.2) is 24.7 Å². The number of rotatable bonds is 3. The van der Waals surface area contributed by atoms with E-state index in [4.69, 9.17) is 4.74 Å². The van der Waals surface area contributed by atoms with Gasteiger partial charge in [0, 0.05) is 11.1 Å². The summed E-state index contributed by atoms with van der Waals surface area (Å²) in [6.45, 7) is 3.89. The maximum atomic E-state index is 11.5. The minimum absolute atomic E-state index is 0.0109. The molecule has 4 heteroatoms. The molecule has 1 amide bonds. The van der Waals surface area contributed by atoms with Gasteiger partial charge in [0.1, 0.15) is 5.75 Å². The van der Waals surface area contributed by atoms with E-state index in [0.717, 1.165) is 22.6 Å². The summed E-state index contributed by atoms with van der Waals surface area (Å²) >= 11 is 0. The molecule has 0 fully saturated rings. The molecule has 0 aromatic heterocycles. The molecule has 0 atom stereocenters. The van der Waals surface area contributed by atoms with Gasteiger partial charge in [-0.25, -0.2) is 0 Å². The van der Waals surface area contributed by atoms with Gasteiger partial charge in [-0.1, -0.05) is 13.8 Å². The second-order valence-corrected chi connectivity index (χ2v) is 4.98. The van der Waals surface area contributed by atoms with Crippen LogP contribution in [0.5, 0.6) is 5.75 Å². The number of carbonyl (C=O) groups is 1. The highest BCUT2D eigenvalue weighted by Gasteiger charge is 2.30. The quantitative estimate of drug-likeness (QED) is 0.834. The van der Waals surface area contributed by atoms with Crippen LogP contribution in [-0.2, 0) is 16.6 Å². The van der Waals surface area contributed by atoms with Gasteiger partial charge in [-0.3, -0.25) is 4.79 Å². The highest BCUT2D eigenvalue weighted by Crippen LogP contribution is 2.38. The Hall–Kier alpha value is -1.55. The van der Waals surface area contributed by atoms with E-state index in [-0.39, 0.29) is 12.5 Å². The summed E-state index contributed by atoms with van der Waals surface area (Å²) < 4.78 is 5.23. The molecule has 0 aliphatic carbocycles. The normalized spacial score (nSPS) is 14.5. The number of nitrogens with one attached hydrogen (secondary N) is 1. The van der Waals surface area contributed by atoms with E-state index in [0.29, 0.717) is 6.42 Å². The molecule has 92 valence electrons. The molecule has 0 bridgehead atoms. The van der Waals surface area contributed by atoms with Crippen molar-refractivity contribution in [2.75, 3.05) is 19.0 Å². The van der Waals surface area contributed by atoms with E-state index in [9.17, 15) is 9.90 Å². The first kappa shape index (κ1) is 11.9. The number of fused-ring (bicyclic) bond motifs is 1. The number of carbonyl (C=O) groups excluding carboxylic acids is 1. The van der Waals surface area contributed by atoms with E-state index >= 15 is 0 Å². The van der Waals surface area contributed by atoms with Gasteiger partial charge in [-0.15, -0.1) is 0 Å². The Labute approximate surface area is 101 Å². The lowest BCUT2D eigenvalue weighted by atomic mass is 9.83. The molecule has 1 heterocycles. The molecular weight excluding hydrogens is 218 g/mol. The summed E-state index contributed by atoms with van der Waals surface area (Å²) in [6, 6.07) is 3.74. The Kier molecular flexibility index (Phi) is 2.83. The Bertz CT molecular complexity index is 466. The molecule has 4 nitrogen and oxygen atoms in total. The Morgan fingerprint density at radius 1 is 1.47 bits per heavy atom. The van der Waals surface area contributed by atoms with Crippen molar-refractivity contribution < 1.29 is 14.6 Å². The topological polar surface area (TPSA) is 58.6 Å². The smallest absolute Gasteiger partial charge is 0.228 e. The number of methoxy groups -OCH3 is 1. The van der Waals surface area contributed by atoms with E-state index in [1.165, 1.54) is 0 Å². The molecule has 0 saturated carbocycles. The van der Waals surface area contributed by atoms with Crippen LogP contribution in [0.25, 0.3) is 0 Å². The lowest BCUT2D eigenvalue weighted by Gasteiger charge is -2.25. The lowest BCUT2D eigenvalue weighted by molar-refractivity contribution is -0.115. The summed E-state index contributed by atoms with van der Waals surface area (Å²) in [7, 11) is 1.60. The van der Waals surface area contributed by atoms with E-state index < -0.39 is 5.41 Å². The molecule has 0 radical (unpaired) electrons. The third kappa shape index (κ3) is 2.00. The minimum Gasteiger partial charge on any atom is -0.497 e. The molecule has 0 unspecified atom stereocenters. The maximum Gasteiger partial charge on any atom is 0.228 e. The molecule has 2 rings (SSSR count). The number of ether oxygens (including phenoxy) is 1. The fourth-order valence-electron chi connectivity index (χ4n) is 2.05. The van der Waals surface area contributed by atoms with Gasteiger partial charge in [0.2, 0.25) is 5.91 Å². The monoisotopic (exact) mass is 235 g/mol. The zero-order valence-electron chi connectivity index (χ0n) is 10.3. The number of hydrogen-bond acceptors (Lipinski definition) is 3. The summed E-state index contributed by atoms with van der Waals surface area (Å²) in [5.74, 6) is 0.708. The first-order valence-corrected chi connectivity index (χ1v) is 5.60. The standard InChI is InChI=1S/C13H17NO3/c1-13(2,7-15)10-6-9(17-3)4-8-5-11(16)14-12(8)10/h4,6,15H,5,7H2,1-3H3,(H,14,16). The first-order chi connectivity index (χ1) is 7.97. The van der Waals surface area contributed by atoms with Crippen molar-refractivity contribution in [1.29, 1.82) is 0 Å². The zero-order chi connectivity index (χ0) is 12.6. The van der Waals surface area contributed by atoms with Crippen molar-refractivity contribution in [2.24, 2.45) is 0 Å². The van der Waals surface area contributed by atoms with E-state index in [1.54, 1.807) is 7.11 Å². The summed E-state index contributed by atoms with van der Waals surface area (Å²) in [5, 5.41) is 12.3. The summed E-state index contributed by atoms with van der Waals surface area (Å²) in [5.41, 5.74) is 2.27. The number of aliphatic hydroxyl groups is 1. The number of benzene rings is 1. The van der Waals surface area contributed by atoms with Crippen molar-refractivity contribution in [3.05, 3.63) is 23.3 Å². The largest absolute Gasteiger partial charge is 0.497 e. The number of aliphatic hydroxyl groups excluding tert-OH is 1. The average molecular weight is 235 g/mol. The van der Waals surface area contributed by atoms with Crippen LogP contribution in [0.4, 0.5) is 5.69 Å². The van der Waals surface area contributed by atoms with E-state index in [1.807, 2.05) is 26.0 Å². The van der Waals surface area contributed by atoms with Gasteiger partial charge in [-0.05, 0) is 23.3 Å². The first-order valence-electron chi connectivity index (χ1n) is 5.60. The fraction of sp³-hybridized carbons (Fsp3) is 0.462. The predicted molar refractivity (Wildman–Crippen MR) is 65.4 cm³/mol. The lowest BCUT2D eigenvalue weighted by Crippen LogP contribution is -2.23. The van der Waals surface area contributed by atoms with Gasteiger partial charge in [0.25, 0.3) is 0 Å². The Balaban J connectivity index is 2.59. The van der Waals surface area contributed by atoms with Crippen LogP contribution in [0.15, 0.2) is 12.1 Å².